The molecule has 6 nitrogen and oxygen atoms in total. The fourth-order valence-electron chi connectivity index (χ4n) is 4.64. The molecule has 0 radical (unpaired) electrons. The van der Waals surface area contributed by atoms with Crippen LogP contribution in [0.3, 0.4) is 0 Å². The van der Waals surface area contributed by atoms with Gasteiger partial charge in [-0.15, -0.1) is 11.3 Å². The molecule has 1 aliphatic carbocycles. The largest absolute Gasteiger partial charge is 0.351 e. The summed E-state index contributed by atoms with van der Waals surface area (Å²) in [6.07, 6.45) is 4.07. The lowest BCUT2D eigenvalue weighted by Crippen LogP contribution is -2.64. The second-order valence-corrected chi connectivity index (χ2v) is 9.71. The number of carbonyl (C=O) groups excluding carboxylic acids is 2. The van der Waals surface area contributed by atoms with E-state index in [9.17, 15) is 14.0 Å². The van der Waals surface area contributed by atoms with Gasteiger partial charge in [-0.3, -0.25) is 14.3 Å². The number of nitrogens with one attached hydrogen (secondary N) is 1. The number of thiophene rings is 1. The third-order valence-corrected chi connectivity index (χ3v) is 7.43. The van der Waals surface area contributed by atoms with Crippen LogP contribution in [0.25, 0.3) is 10.6 Å². The van der Waals surface area contributed by atoms with Crippen molar-refractivity contribution >= 4 is 23.2 Å². The third kappa shape index (κ3) is 3.62. The van der Waals surface area contributed by atoms with Crippen LogP contribution in [0.15, 0.2) is 47.8 Å². The topological polar surface area (TPSA) is 67.2 Å². The van der Waals surface area contributed by atoms with Crippen molar-refractivity contribution in [3.05, 3.63) is 64.9 Å². The predicted octanol–water partition coefficient (Wildman–Crippen LogP) is 4.22. The third-order valence-electron chi connectivity index (χ3n) is 6.54. The zero-order chi connectivity index (χ0) is 22.3. The molecular weight excluding hydrogens is 427 g/mol. The van der Waals surface area contributed by atoms with Gasteiger partial charge in [0.25, 0.3) is 5.91 Å². The van der Waals surface area contributed by atoms with Gasteiger partial charge in [-0.1, -0.05) is 37.1 Å². The summed E-state index contributed by atoms with van der Waals surface area (Å²) in [5, 5.41) is 9.73. The summed E-state index contributed by atoms with van der Waals surface area (Å²) in [6.45, 7) is 1.98. The molecule has 3 heterocycles. The highest BCUT2D eigenvalue weighted by molar-refractivity contribution is 7.13. The lowest BCUT2D eigenvalue weighted by molar-refractivity contribution is -0.134. The Morgan fingerprint density at radius 1 is 1.25 bits per heavy atom. The summed E-state index contributed by atoms with van der Waals surface area (Å²) < 4.78 is 16.1. The first kappa shape index (κ1) is 20.9. The van der Waals surface area contributed by atoms with Gasteiger partial charge in [-0.25, -0.2) is 4.39 Å². The molecule has 1 N–H and O–H groups in total. The number of amides is 2. The fourth-order valence-corrected chi connectivity index (χ4v) is 5.32. The molecule has 1 fully saturated rings. The zero-order valence-corrected chi connectivity index (χ0v) is 18.7. The number of aromatic nitrogens is 2. The minimum absolute atomic E-state index is 0.0135. The molecule has 1 atom stereocenters. The number of hydrogen-bond donors (Lipinski definition) is 1. The Bertz CT molecular complexity index is 1150. The summed E-state index contributed by atoms with van der Waals surface area (Å²) in [5.74, 6) is -0.927. The van der Waals surface area contributed by atoms with Crippen LogP contribution in [0.5, 0.6) is 0 Å². The second-order valence-electron chi connectivity index (χ2n) is 8.76. The molecule has 1 saturated carbocycles. The molecule has 1 unspecified atom stereocenters. The van der Waals surface area contributed by atoms with E-state index in [1.54, 1.807) is 47.2 Å². The molecule has 2 aromatic heterocycles. The van der Waals surface area contributed by atoms with Gasteiger partial charge in [0.1, 0.15) is 22.7 Å². The predicted molar refractivity (Wildman–Crippen MR) is 121 cm³/mol. The second kappa shape index (κ2) is 8.16. The number of nitrogens with zero attached hydrogens (tertiary/aromatic N) is 3. The highest BCUT2D eigenvalue weighted by Crippen LogP contribution is 2.33. The van der Waals surface area contributed by atoms with Crippen LogP contribution in [-0.4, -0.2) is 38.1 Å². The maximum absolute atomic E-state index is 14.5. The Morgan fingerprint density at radius 2 is 2.03 bits per heavy atom. The van der Waals surface area contributed by atoms with Gasteiger partial charge < -0.3 is 10.2 Å². The van der Waals surface area contributed by atoms with E-state index in [-0.39, 0.29) is 30.9 Å². The molecule has 166 valence electrons. The Morgan fingerprint density at radius 3 is 2.75 bits per heavy atom. The molecule has 5 rings (SSSR count). The summed E-state index contributed by atoms with van der Waals surface area (Å²) >= 11 is 1.54. The van der Waals surface area contributed by atoms with Gasteiger partial charge in [0.05, 0.1) is 18.0 Å². The van der Waals surface area contributed by atoms with Crippen molar-refractivity contribution in [2.75, 3.05) is 0 Å². The number of fused-ring (bicyclic) bond motifs is 1. The molecule has 8 heteroatoms. The van der Waals surface area contributed by atoms with Crippen LogP contribution in [0.2, 0.25) is 0 Å². The van der Waals surface area contributed by atoms with Crippen molar-refractivity contribution in [2.45, 2.75) is 57.3 Å². The molecule has 1 aromatic carbocycles. The number of halogens is 1. The zero-order valence-electron chi connectivity index (χ0n) is 17.9. The van der Waals surface area contributed by atoms with Crippen LogP contribution in [0.4, 0.5) is 4.39 Å². The van der Waals surface area contributed by atoms with Crippen molar-refractivity contribution in [2.24, 2.45) is 0 Å². The molecule has 3 aromatic rings. The molecule has 2 amide bonds. The van der Waals surface area contributed by atoms with Crippen molar-refractivity contribution in [3.8, 4) is 10.6 Å². The van der Waals surface area contributed by atoms with Gasteiger partial charge in [-0.2, -0.15) is 5.10 Å². The molecule has 2 aliphatic rings. The van der Waals surface area contributed by atoms with E-state index in [1.807, 2.05) is 17.5 Å². The number of benzene rings is 1. The van der Waals surface area contributed by atoms with E-state index >= 15 is 0 Å². The maximum Gasteiger partial charge on any atom is 0.273 e. The van der Waals surface area contributed by atoms with Crippen LogP contribution >= 0.6 is 11.3 Å². The summed E-state index contributed by atoms with van der Waals surface area (Å²) in [6, 6.07) is 12.1. The quantitative estimate of drug-likeness (QED) is 0.630. The van der Waals surface area contributed by atoms with E-state index in [1.165, 1.54) is 11.0 Å². The van der Waals surface area contributed by atoms with Crippen LogP contribution in [0, 0.1) is 5.82 Å². The molecule has 0 spiro atoms. The lowest BCUT2D eigenvalue weighted by atomic mass is 9.93. The molecule has 0 saturated heterocycles. The summed E-state index contributed by atoms with van der Waals surface area (Å²) in [5.41, 5.74) is 0.311. The van der Waals surface area contributed by atoms with Crippen LogP contribution in [-0.2, 0) is 17.9 Å². The summed E-state index contributed by atoms with van der Waals surface area (Å²) in [4.78, 5) is 29.6. The lowest BCUT2D eigenvalue weighted by Gasteiger charge is -2.43. The van der Waals surface area contributed by atoms with Crippen molar-refractivity contribution in [1.82, 2.24) is 20.0 Å². The van der Waals surface area contributed by atoms with Crippen molar-refractivity contribution in [1.29, 1.82) is 0 Å². The van der Waals surface area contributed by atoms with E-state index in [2.05, 4.69) is 10.4 Å². The van der Waals surface area contributed by atoms with Crippen molar-refractivity contribution < 1.29 is 14.0 Å². The monoisotopic (exact) mass is 452 g/mol. The highest BCUT2D eigenvalue weighted by atomic mass is 32.1. The van der Waals surface area contributed by atoms with Crippen molar-refractivity contribution in [3.63, 3.8) is 0 Å². The van der Waals surface area contributed by atoms with E-state index in [0.717, 1.165) is 30.6 Å². The average Bonchev–Trinajstić information content (AvgIpc) is 3.53. The molecule has 0 bridgehead atoms. The average molecular weight is 453 g/mol. The minimum atomic E-state index is -1.19. The number of hydrogen-bond acceptors (Lipinski definition) is 4. The maximum atomic E-state index is 14.5. The van der Waals surface area contributed by atoms with Gasteiger partial charge >= 0.3 is 0 Å². The Labute approximate surface area is 190 Å². The van der Waals surface area contributed by atoms with Gasteiger partial charge in [0, 0.05) is 11.6 Å². The number of carbonyl (C=O) groups is 2. The van der Waals surface area contributed by atoms with E-state index < -0.39 is 11.4 Å². The van der Waals surface area contributed by atoms with E-state index in [0.29, 0.717) is 17.0 Å². The molecule has 32 heavy (non-hydrogen) atoms. The van der Waals surface area contributed by atoms with Crippen LogP contribution < -0.4 is 5.32 Å². The van der Waals surface area contributed by atoms with Crippen LogP contribution in [0.1, 0.15) is 48.7 Å². The normalized spacial score (nSPS) is 21.1. The van der Waals surface area contributed by atoms with Gasteiger partial charge in [-0.05, 0) is 43.3 Å². The SMILES string of the molecule is CC1(C(=O)NC2CCCC2)Cn2nc(-c3cccs3)cc2C(=O)N1Cc1ccccc1F. The fraction of sp³-hybridized carbons (Fsp3) is 0.375. The minimum Gasteiger partial charge on any atom is -0.351 e. The Balaban J connectivity index is 1.53. The molecular formula is C24H25FN4O2S. The van der Waals surface area contributed by atoms with Gasteiger partial charge in [0.2, 0.25) is 5.91 Å². The Kier molecular flexibility index (Phi) is 5.33. The molecule has 1 aliphatic heterocycles. The number of rotatable bonds is 5. The smallest absolute Gasteiger partial charge is 0.273 e. The van der Waals surface area contributed by atoms with Gasteiger partial charge in [0.15, 0.2) is 0 Å². The first-order chi connectivity index (χ1) is 15.5. The standard InChI is InChI=1S/C24H25FN4O2S/c1-24(23(31)26-17-8-3-4-9-17)15-29-20(13-19(27-29)21-11-6-12-32-21)22(30)28(24)14-16-7-2-5-10-18(16)25/h2,5-7,10-13,17H,3-4,8-9,14-15H2,1H3,(H,26,31). The first-order valence-electron chi connectivity index (χ1n) is 10.9. The first-order valence-corrected chi connectivity index (χ1v) is 11.8. The van der Waals surface area contributed by atoms with E-state index in [4.69, 9.17) is 0 Å². The highest BCUT2D eigenvalue weighted by Gasteiger charge is 2.48. The Hall–Kier alpha value is -3.00. The summed E-state index contributed by atoms with van der Waals surface area (Å²) in [7, 11) is 0.